The number of nitrogens with zero attached hydrogens (tertiary/aromatic N) is 1. The summed E-state index contributed by atoms with van der Waals surface area (Å²) < 4.78 is 109. The van der Waals surface area contributed by atoms with E-state index in [-0.39, 0.29) is 16.9 Å². The molecule has 3 N–H and O–H groups in total. The first-order valence-corrected chi connectivity index (χ1v) is 11.8. The van der Waals surface area contributed by atoms with Gasteiger partial charge in [0.05, 0.1) is 6.61 Å². The van der Waals surface area contributed by atoms with E-state index in [1.807, 2.05) is 0 Å². The van der Waals surface area contributed by atoms with E-state index in [9.17, 15) is 40.3 Å². The lowest BCUT2D eigenvalue weighted by molar-refractivity contribution is -0.272. The number of hydrogen-bond acceptors (Lipinski definition) is 5. The van der Waals surface area contributed by atoms with E-state index < -0.39 is 90.2 Å². The van der Waals surface area contributed by atoms with Crippen molar-refractivity contribution in [3.63, 3.8) is 0 Å². The van der Waals surface area contributed by atoms with E-state index in [0.29, 0.717) is 6.07 Å². The number of anilines is 1. The van der Waals surface area contributed by atoms with Gasteiger partial charge in [0.2, 0.25) is 11.7 Å². The predicted octanol–water partition coefficient (Wildman–Crippen LogP) is 4.96. The molecule has 0 spiro atoms. The summed E-state index contributed by atoms with van der Waals surface area (Å²) in [6.07, 6.45) is -6.82. The van der Waals surface area contributed by atoms with Crippen LogP contribution in [0.5, 0.6) is 5.75 Å². The number of amides is 2. The van der Waals surface area contributed by atoms with Gasteiger partial charge in [-0.15, -0.1) is 0 Å². The van der Waals surface area contributed by atoms with Gasteiger partial charge in [-0.2, -0.15) is 17.6 Å². The van der Waals surface area contributed by atoms with Crippen molar-refractivity contribution < 1.29 is 49.8 Å². The maximum atomic E-state index is 14.9. The van der Waals surface area contributed by atoms with E-state index in [1.54, 1.807) is 0 Å². The molecule has 1 aromatic carbocycles. The Labute approximate surface area is 217 Å². The molecule has 2 aliphatic rings. The van der Waals surface area contributed by atoms with Gasteiger partial charge in [-0.25, -0.2) is 13.2 Å². The zero-order chi connectivity index (χ0) is 28.9. The molecule has 0 bridgehead atoms. The Kier molecular flexibility index (Phi) is 7.30. The van der Waals surface area contributed by atoms with Crippen LogP contribution in [-0.4, -0.2) is 47.2 Å². The summed E-state index contributed by atoms with van der Waals surface area (Å²) in [4.78, 5) is 28.4. The first-order chi connectivity index (χ1) is 18.0. The number of pyridine rings is 1. The van der Waals surface area contributed by atoms with Crippen molar-refractivity contribution in [2.75, 3.05) is 11.9 Å². The lowest BCUT2D eigenvalue weighted by Crippen LogP contribution is -2.47. The first-order valence-electron chi connectivity index (χ1n) is 11.8. The molecule has 1 saturated heterocycles. The van der Waals surface area contributed by atoms with E-state index in [0.717, 1.165) is 32.2 Å². The number of rotatable bonds is 7. The highest BCUT2D eigenvalue weighted by Crippen LogP contribution is 2.55. The monoisotopic (exact) mass is 563 g/mol. The fourth-order valence-corrected chi connectivity index (χ4v) is 4.94. The molecule has 1 aliphatic carbocycles. The lowest BCUT2D eigenvalue weighted by atomic mass is 9.76. The third-order valence-electron chi connectivity index (χ3n) is 7.28. The average molecular weight is 563 g/mol. The fourth-order valence-electron chi connectivity index (χ4n) is 4.94. The minimum absolute atomic E-state index is 0.0351. The lowest BCUT2D eigenvalue weighted by Gasteiger charge is -2.35. The molecule has 1 saturated carbocycles. The van der Waals surface area contributed by atoms with Crippen molar-refractivity contribution in [3.05, 3.63) is 53.4 Å². The summed E-state index contributed by atoms with van der Waals surface area (Å²) in [6.45, 7) is 1.43. The van der Waals surface area contributed by atoms with Gasteiger partial charge in [-0.3, -0.25) is 14.6 Å². The Morgan fingerprint density at radius 2 is 1.87 bits per heavy atom. The van der Waals surface area contributed by atoms with Gasteiger partial charge < -0.3 is 20.5 Å². The third-order valence-corrected chi connectivity index (χ3v) is 7.28. The molecule has 0 radical (unpaired) electrons. The van der Waals surface area contributed by atoms with E-state index in [4.69, 9.17) is 15.2 Å². The number of nitrogens with one attached hydrogen (secondary N) is 1. The van der Waals surface area contributed by atoms with Gasteiger partial charge in [0, 0.05) is 48.0 Å². The molecule has 39 heavy (non-hydrogen) atoms. The van der Waals surface area contributed by atoms with Gasteiger partial charge >= 0.3 is 6.18 Å². The second kappa shape index (κ2) is 9.96. The van der Waals surface area contributed by atoms with Crippen molar-refractivity contribution in [2.45, 2.75) is 56.4 Å². The number of halogens is 7. The summed E-state index contributed by atoms with van der Waals surface area (Å²) in [5.74, 6) is -12.3. The van der Waals surface area contributed by atoms with Crippen LogP contribution in [0.3, 0.4) is 0 Å². The summed E-state index contributed by atoms with van der Waals surface area (Å²) in [5, 5.41) is 2.34. The van der Waals surface area contributed by atoms with Crippen LogP contribution in [0.15, 0.2) is 30.5 Å². The normalized spacial score (nSPS) is 26.6. The van der Waals surface area contributed by atoms with Crippen LogP contribution in [0.25, 0.3) is 0 Å². The zero-order valence-electron chi connectivity index (χ0n) is 20.6. The molecule has 2 fully saturated rings. The Balaban J connectivity index is 1.71. The molecule has 212 valence electrons. The Hall–Kier alpha value is -3.42. The molecule has 2 aromatic rings. The van der Waals surface area contributed by atoms with Crippen LogP contribution in [0.1, 0.15) is 48.7 Å². The first kappa shape index (κ1) is 28.6. The molecule has 2 heterocycles. The minimum Gasteiger partial charge on any atom is -0.490 e. The number of nitrogens with two attached hydrogens (primary N) is 1. The Bertz CT molecular complexity index is 1280. The molecular weight excluding hydrogens is 539 g/mol. The van der Waals surface area contributed by atoms with Gasteiger partial charge in [-0.1, -0.05) is 13.0 Å². The standard InChI is InChI=1S/C25H24F7N3O4/c1-11-17(14-3-4-15(26)18(27)19(14)38-10-12-8-24(28,29)9-12)20(39-23(11,2)25(30,31)32)22(37)35-13-5-6-34-16(7-13)21(33)36/h3-7,11-12,17,20H,8-10H2,1-2H3,(H2,33,36)(H,34,35,37)/t11-,17+,20-,23+/m0/s1. The van der Waals surface area contributed by atoms with Crippen LogP contribution in [0.4, 0.5) is 36.4 Å². The van der Waals surface area contributed by atoms with Crippen molar-refractivity contribution in [1.29, 1.82) is 0 Å². The molecule has 1 aromatic heterocycles. The van der Waals surface area contributed by atoms with E-state index >= 15 is 0 Å². The molecule has 1 aliphatic heterocycles. The maximum Gasteiger partial charge on any atom is 0.417 e. The molecule has 2 amide bonds. The number of primary amides is 1. The smallest absolute Gasteiger partial charge is 0.417 e. The number of aromatic nitrogens is 1. The molecule has 4 atom stereocenters. The van der Waals surface area contributed by atoms with Gasteiger partial charge in [0.1, 0.15) is 11.8 Å². The summed E-state index contributed by atoms with van der Waals surface area (Å²) >= 11 is 0. The number of ether oxygens (including phenoxy) is 2. The highest BCUT2D eigenvalue weighted by molar-refractivity contribution is 5.97. The highest BCUT2D eigenvalue weighted by Gasteiger charge is 2.66. The van der Waals surface area contributed by atoms with Crippen LogP contribution in [-0.2, 0) is 9.53 Å². The second-order valence-electron chi connectivity index (χ2n) is 9.96. The van der Waals surface area contributed by atoms with Crippen molar-refractivity contribution in [3.8, 4) is 5.75 Å². The molecular formula is C25H24F7N3O4. The summed E-state index contributed by atoms with van der Waals surface area (Å²) in [7, 11) is 0. The van der Waals surface area contributed by atoms with Crippen LogP contribution < -0.4 is 15.8 Å². The third kappa shape index (κ3) is 5.38. The SMILES string of the molecule is C[C@H]1[C@H](c2ccc(F)c(F)c2OCC2CC(F)(F)C2)[C@@H](C(=O)Nc2ccnc(C(N)=O)c2)O[C@@]1(C)C(F)(F)F. The Morgan fingerprint density at radius 3 is 2.46 bits per heavy atom. The largest absolute Gasteiger partial charge is 0.490 e. The number of hydrogen-bond donors (Lipinski definition) is 2. The average Bonchev–Trinajstić information content (AvgIpc) is 3.10. The molecule has 0 unspecified atom stereocenters. The number of alkyl halides is 5. The van der Waals surface area contributed by atoms with Crippen LogP contribution in [0, 0.1) is 23.5 Å². The highest BCUT2D eigenvalue weighted by atomic mass is 19.4. The van der Waals surface area contributed by atoms with E-state index in [2.05, 4.69) is 10.3 Å². The van der Waals surface area contributed by atoms with Crippen LogP contribution in [0.2, 0.25) is 0 Å². The summed E-state index contributed by atoms with van der Waals surface area (Å²) in [5.41, 5.74) is 1.71. The van der Waals surface area contributed by atoms with Crippen molar-refractivity contribution in [1.82, 2.24) is 4.98 Å². The quantitative estimate of drug-likeness (QED) is 0.464. The number of carbonyl (C=O) groups is 2. The molecule has 7 nitrogen and oxygen atoms in total. The van der Waals surface area contributed by atoms with Gasteiger partial charge in [0.15, 0.2) is 17.2 Å². The second-order valence-corrected chi connectivity index (χ2v) is 9.96. The minimum atomic E-state index is -4.98. The van der Waals surface area contributed by atoms with Crippen LogP contribution >= 0.6 is 0 Å². The van der Waals surface area contributed by atoms with Gasteiger partial charge in [-0.05, 0) is 25.1 Å². The number of carbonyl (C=O) groups excluding carboxylic acids is 2. The zero-order valence-corrected chi connectivity index (χ0v) is 20.6. The molecule has 14 heteroatoms. The fraction of sp³-hybridized carbons (Fsp3) is 0.480. The van der Waals surface area contributed by atoms with Crippen molar-refractivity contribution in [2.24, 2.45) is 17.6 Å². The predicted molar refractivity (Wildman–Crippen MR) is 122 cm³/mol. The number of benzene rings is 1. The summed E-state index contributed by atoms with van der Waals surface area (Å²) in [6, 6.07) is 3.99. The topological polar surface area (TPSA) is 104 Å². The molecule has 4 rings (SSSR count). The van der Waals surface area contributed by atoms with Crippen molar-refractivity contribution >= 4 is 17.5 Å². The Morgan fingerprint density at radius 1 is 1.21 bits per heavy atom. The maximum absolute atomic E-state index is 14.9. The van der Waals surface area contributed by atoms with Gasteiger partial charge in [0.25, 0.3) is 11.8 Å². The van der Waals surface area contributed by atoms with E-state index in [1.165, 1.54) is 6.07 Å².